The van der Waals surface area contributed by atoms with E-state index in [1.807, 2.05) is 0 Å². The summed E-state index contributed by atoms with van der Waals surface area (Å²) in [6, 6.07) is 0. The molecule has 0 rings (SSSR count). The van der Waals surface area contributed by atoms with Gasteiger partial charge in [-0.3, -0.25) is 20.8 Å². The van der Waals surface area contributed by atoms with Gasteiger partial charge in [0.15, 0.2) is 0 Å². The summed E-state index contributed by atoms with van der Waals surface area (Å²) in [5.74, 6) is 0. The van der Waals surface area contributed by atoms with Gasteiger partial charge in [0.05, 0.1) is 11.4 Å². The molecule has 98 valence electrons. The van der Waals surface area contributed by atoms with E-state index >= 15 is 0 Å². The molecule has 0 unspecified atom stereocenters. The average molecular weight is 455 g/mol. The molecule has 0 spiro atoms. The molecule has 6 nitrogen and oxygen atoms in total. The summed E-state index contributed by atoms with van der Waals surface area (Å²) in [6.45, 7) is 3.58. The van der Waals surface area contributed by atoms with Gasteiger partial charge in [0.2, 0.25) is 0 Å². The number of hydrazone groups is 2. The minimum absolute atomic E-state index is 0. The first kappa shape index (κ1) is 18.8. The van der Waals surface area contributed by atoms with E-state index in [1.165, 1.54) is 0 Å². The third-order valence-corrected chi connectivity index (χ3v) is 2.12. The van der Waals surface area contributed by atoms with Crippen LogP contribution in [0.15, 0.2) is 20.2 Å². The number of nitrogens with one attached hydrogen (secondary N) is 2. The summed E-state index contributed by atoms with van der Waals surface area (Å²) in [5.41, 5.74) is 6.56. The first-order valence-electron chi connectivity index (χ1n) is 4.39. The van der Waals surface area contributed by atoms with E-state index in [4.69, 9.17) is 25.3 Å². The molecule has 0 aliphatic carbocycles. The van der Waals surface area contributed by atoms with Crippen LogP contribution in [0.5, 0.6) is 0 Å². The van der Waals surface area contributed by atoms with E-state index in [1.54, 1.807) is 27.9 Å². The van der Waals surface area contributed by atoms with Gasteiger partial charge in [-0.15, -0.1) is 0 Å². The molecule has 17 heavy (non-hydrogen) atoms. The summed E-state index contributed by atoms with van der Waals surface area (Å²) in [4.78, 5) is 7.46. The molecule has 0 aromatic rings. The second-order valence-electron chi connectivity index (χ2n) is 2.68. The molecule has 0 bridgehead atoms. The fraction of sp³-hybridized carbons (Fsp3) is 0.500. The predicted octanol–water partition coefficient (Wildman–Crippen LogP) is -0.0197. The average Bonchev–Trinajstić information content (AvgIpc) is 2.31. The molecule has 9 heteroatoms. The van der Waals surface area contributed by atoms with Crippen molar-refractivity contribution in [3.63, 3.8) is 0 Å². The fourth-order valence-electron chi connectivity index (χ4n) is 0.525. The van der Waals surface area contributed by atoms with Crippen LogP contribution in [-0.2, 0) is 47.6 Å². The van der Waals surface area contributed by atoms with E-state index in [0.717, 1.165) is 0 Å². The molecule has 0 fully saturated rings. The van der Waals surface area contributed by atoms with Crippen LogP contribution in [0, 0.1) is 0 Å². The maximum atomic E-state index is 4.81. The SMILES string of the molecule is CN=C([S-])N/N=C(C)/C(C)=N/NC([S-])=NC.[Au+3]. The number of aliphatic imine (C=N–C) groups is 2. The Hall–Kier alpha value is -0.540. The Balaban J connectivity index is 0. The minimum atomic E-state index is 0. The Morgan fingerprint density at radius 2 is 1.12 bits per heavy atom. The van der Waals surface area contributed by atoms with Gasteiger partial charge in [-0.2, -0.15) is 10.2 Å². The molecule has 0 aromatic carbocycles. The van der Waals surface area contributed by atoms with Crippen molar-refractivity contribution in [3.8, 4) is 0 Å². The molecule has 0 heterocycles. The molecule has 0 atom stereocenters. The standard InChI is InChI=1S/C8H16N6S2.Au/c1-5(11-13-7(15)9-3)6(2)12-14-8(16)10-4;/h1-4H3,(H2,9,13,15)(H2,10,14,16);/q;+3/p-2/b11-5+,12-6+;. The first-order chi connectivity index (χ1) is 7.51. The van der Waals surface area contributed by atoms with Gasteiger partial charge >= 0.3 is 22.4 Å². The van der Waals surface area contributed by atoms with Crippen molar-refractivity contribution in [1.82, 2.24) is 10.9 Å². The molecule has 0 radical (unpaired) electrons. The van der Waals surface area contributed by atoms with Crippen LogP contribution in [0.1, 0.15) is 13.8 Å². The maximum Gasteiger partial charge on any atom is 3.00 e. The predicted molar refractivity (Wildman–Crippen MR) is 73.9 cm³/mol. The second-order valence-corrected chi connectivity index (χ2v) is 3.45. The van der Waals surface area contributed by atoms with Gasteiger partial charge in [-0.05, 0) is 24.2 Å². The van der Waals surface area contributed by atoms with Gasteiger partial charge < -0.3 is 25.3 Å². The third-order valence-electron chi connectivity index (χ3n) is 1.57. The van der Waals surface area contributed by atoms with Gasteiger partial charge in [0, 0.05) is 14.1 Å². The Kier molecular flexibility index (Phi) is 11.7. The molecular formula is C8H14AuN6S2+. The number of amidine groups is 2. The Labute approximate surface area is 128 Å². The first-order valence-corrected chi connectivity index (χ1v) is 5.21. The Bertz CT molecular complexity index is 316. The zero-order chi connectivity index (χ0) is 12.6. The largest absolute Gasteiger partial charge is 3.00 e. The normalized spacial score (nSPS) is 14.1. The molecule has 0 aromatic heterocycles. The number of hydrogen-bond donors (Lipinski definition) is 2. The molecular weight excluding hydrogens is 441 g/mol. The van der Waals surface area contributed by atoms with E-state index in [0.29, 0.717) is 21.8 Å². The summed E-state index contributed by atoms with van der Waals surface area (Å²) in [5, 5.41) is 8.61. The molecule has 0 aliphatic heterocycles. The summed E-state index contributed by atoms with van der Waals surface area (Å²) < 4.78 is 0. The van der Waals surface area contributed by atoms with Crippen molar-refractivity contribution < 1.29 is 22.4 Å². The molecule has 2 N–H and O–H groups in total. The van der Waals surface area contributed by atoms with E-state index in [-0.39, 0.29) is 22.4 Å². The molecule has 0 saturated heterocycles. The molecule has 0 saturated carbocycles. The topological polar surface area (TPSA) is 73.5 Å². The van der Waals surface area contributed by atoms with Crippen LogP contribution in [0.2, 0.25) is 0 Å². The second kappa shape index (κ2) is 10.6. The van der Waals surface area contributed by atoms with Crippen molar-refractivity contribution >= 4 is 47.0 Å². The van der Waals surface area contributed by atoms with Crippen LogP contribution in [-0.4, -0.2) is 35.9 Å². The molecule has 0 aliphatic rings. The van der Waals surface area contributed by atoms with Crippen molar-refractivity contribution in [2.45, 2.75) is 13.8 Å². The fourth-order valence-corrected chi connectivity index (χ4v) is 0.616. The van der Waals surface area contributed by atoms with Crippen LogP contribution in [0.4, 0.5) is 0 Å². The van der Waals surface area contributed by atoms with Crippen LogP contribution in [0.3, 0.4) is 0 Å². The van der Waals surface area contributed by atoms with Crippen molar-refractivity contribution in [3.05, 3.63) is 0 Å². The van der Waals surface area contributed by atoms with Crippen LogP contribution in [0.25, 0.3) is 0 Å². The van der Waals surface area contributed by atoms with Crippen LogP contribution >= 0.6 is 0 Å². The van der Waals surface area contributed by atoms with E-state index < -0.39 is 0 Å². The van der Waals surface area contributed by atoms with Crippen molar-refractivity contribution in [2.75, 3.05) is 14.1 Å². The van der Waals surface area contributed by atoms with Gasteiger partial charge in [-0.25, -0.2) is 0 Å². The van der Waals surface area contributed by atoms with Gasteiger partial charge in [0.25, 0.3) is 0 Å². The molecule has 0 amide bonds. The zero-order valence-corrected chi connectivity index (χ0v) is 13.7. The Morgan fingerprint density at radius 1 is 0.824 bits per heavy atom. The number of hydrogen-bond acceptors (Lipinski definition) is 6. The van der Waals surface area contributed by atoms with Gasteiger partial charge in [-0.1, -0.05) is 0 Å². The van der Waals surface area contributed by atoms with Crippen molar-refractivity contribution in [2.24, 2.45) is 20.2 Å². The summed E-state index contributed by atoms with van der Waals surface area (Å²) in [7, 11) is 3.17. The van der Waals surface area contributed by atoms with Gasteiger partial charge in [0.1, 0.15) is 0 Å². The number of rotatable bonds is 3. The maximum absolute atomic E-state index is 4.81. The van der Waals surface area contributed by atoms with Crippen LogP contribution < -0.4 is 10.9 Å². The smallest absolute Gasteiger partial charge is 0.741 e. The number of nitrogens with zero attached hydrogens (tertiary/aromatic N) is 4. The summed E-state index contributed by atoms with van der Waals surface area (Å²) >= 11 is 9.62. The summed E-state index contributed by atoms with van der Waals surface area (Å²) in [6.07, 6.45) is 0. The Morgan fingerprint density at radius 3 is 1.35 bits per heavy atom. The third kappa shape index (κ3) is 9.19. The quantitative estimate of drug-likeness (QED) is 0.206. The van der Waals surface area contributed by atoms with E-state index in [9.17, 15) is 0 Å². The monoisotopic (exact) mass is 455 g/mol. The van der Waals surface area contributed by atoms with E-state index in [2.05, 4.69) is 31.0 Å². The minimum Gasteiger partial charge on any atom is -0.741 e. The zero-order valence-electron chi connectivity index (χ0n) is 9.91. The van der Waals surface area contributed by atoms with Crippen molar-refractivity contribution in [1.29, 1.82) is 0 Å².